The average Bonchev–Trinajstić information content (AvgIpc) is 2.56. The van der Waals surface area contributed by atoms with Gasteiger partial charge in [-0.2, -0.15) is 0 Å². The highest BCUT2D eigenvalue weighted by atomic mass is 35.5. The number of hydrogen-bond acceptors (Lipinski definition) is 5. The molecule has 0 aliphatic rings. The lowest BCUT2D eigenvalue weighted by Gasteiger charge is -2.09. The van der Waals surface area contributed by atoms with Crippen molar-refractivity contribution in [2.45, 2.75) is 12.2 Å². The van der Waals surface area contributed by atoms with Crippen LogP contribution in [-0.2, 0) is 15.8 Å². The van der Waals surface area contributed by atoms with Gasteiger partial charge in [0.25, 0.3) is 5.69 Å². The third kappa shape index (κ3) is 6.33. The maximum absolute atomic E-state index is 12.0. The van der Waals surface area contributed by atoms with E-state index < -0.39 is 14.9 Å². The fourth-order valence-electron chi connectivity index (χ4n) is 2.19. The molecule has 7 nitrogen and oxygen atoms in total. The van der Waals surface area contributed by atoms with Crippen LogP contribution in [0.15, 0.2) is 48.5 Å². The lowest BCUT2D eigenvalue weighted by Crippen LogP contribution is -2.27. The molecule has 9 heteroatoms. The van der Waals surface area contributed by atoms with Crippen molar-refractivity contribution in [3.05, 3.63) is 69.2 Å². The van der Waals surface area contributed by atoms with E-state index in [0.717, 1.165) is 0 Å². The first kappa shape index (κ1) is 19.2. The molecule has 0 aromatic heterocycles. The predicted octanol–water partition coefficient (Wildman–Crippen LogP) is 3.17. The number of nitro benzene ring substituents is 1. The van der Waals surface area contributed by atoms with Crippen LogP contribution in [0, 0.1) is 10.1 Å². The molecule has 0 amide bonds. The van der Waals surface area contributed by atoms with E-state index in [0.29, 0.717) is 24.2 Å². The van der Waals surface area contributed by atoms with Gasteiger partial charge >= 0.3 is 0 Å². The Bertz CT molecular complexity index is 829. The number of rotatable bonds is 9. The SMILES string of the molecule is O=[N+]([O-])c1cc(Cl)ccc1NCCCNS(=O)(=O)Cc1ccccc1. The summed E-state index contributed by atoms with van der Waals surface area (Å²) in [4.78, 5) is 10.5. The highest BCUT2D eigenvalue weighted by molar-refractivity contribution is 7.88. The zero-order valence-corrected chi connectivity index (χ0v) is 14.9. The van der Waals surface area contributed by atoms with Gasteiger partial charge in [-0.3, -0.25) is 10.1 Å². The molecule has 134 valence electrons. The zero-order chi connectivity index (χ0) is 18.3. The molecule has 2 aromatic rings. The second-order valence-electron chi connectivity index (χ2n) is 5.34. The predicted molar refractivity (Wildman–Crippen MR) is 98.3 cm³/mol. The summed E-state index contributed by atoms with van der Waals surface area (Å²) in [7, 11) is -3.41. The first-order chi connectivity index (χ1) is 11.9. The Kier molecular flexibility index (Phi) is 6.74. The Morgan fingerprint density at radius 1 is 1.08 bits per heavy atom. The molecule has 0 aliphatic heterocycles. The van der Waals surface area contributed by atoms with Crippen molar-refractivity contribution in [2.75, 3.05) is 18.4 Å². The van der Waals surface area contributed by atoms with Crippen molar-refractivity contribution in [1.29, 1.82) is 0 Å². The first-order valence-corrected chi connectivity index (χ1v) is 9.59. The summed E-state index contributed by atoms with van der Waals surface area (Å²) in [5.41, 5.74) is 0.948. The smallest absolute Gasteiger partial charge is 0.293 e. The largest absolute Gasteiger partial charge is 0.379 e. The molecule has 2 rings (SSSR count). The van der Waals surface area contributed by atoms with Gasteiger partial charge in [-0.1, -0.05) is 41.9 Å². The Labute approximate surface area is 151 Å². The molecule has 0 saturated carbocycles. The van der Waals surface area contributed by atoms with E-state index in [2.05, 4.69) is 10.0 Å². The average molecular weight is 384 g/mol. The lowest BCUT2D eigenvalue weighted by atomic mass is 10.2. The number of nitrogens with one attached hydrogen (secondary N) is 2. The second-order valence-corrected chi connectivity index (χ2v) is 7.58. The molecule has 0 unspecified atom stereocenters. The standard InChI is InChI=1S/C16H18ClN3O4S/c17-14-7-8-15(16(11-14)20(21)22)18-9-4-10-19-25(23,24)12-13-5-2-1-3-6-13/h1-3,5-8,11,18-19H,4,9-10,12H2. The minimum Gasteiger partial charge on any atom is -0.379 e. The van der Waals surface area contributed by atoms with E-state index in [1.54, 1.807) is 30.3 Å². The van der Waals surface area contributed by atoms with E-state index in [1.807, 2.05) is 6.07 Å². The van der Waals surface area contributed by atoms with Gasteiger partial charge in [0.05, 0.1) is 10.7 Å². The minimum absolute atomic E-state index is 0.0794. The van der Waals surface area contributed by atoms with Gasteiger partial charge < -0.3 is 5.32 Å². The first-order valence-electron chi connectivity index (χ1n) is 7.56. The molecule has 0 saturated heterocycles. The Hall–Kier alpha value is -2.16. The Morgan fingerprint density at radius 3 is 2.48 bits per heavy atom. The van der Waals surface area contributed by atoms with Gasteiger partial charge in [0.2, 0.25) is 10.0 Å². The fourth-order valence-corrected chi connectivity index (χ4v) is 3.54. The van der Waals surface area contributed by atoms with Gasteiger partial charge in [-0.05, 0) is 24.1 Å². The van der Waals surface area contributed by atoms with E-state index in [9.17, 15) is 18.5 Å². The summed E-state index contributed by atoms with van der Waals surface area (Å²) in [6.45, 7) is 0.625. The van der Waals surface area contributed by atoms with Crippen LogP contribution in [0.3, 0.4) is 0 Å². The Balaban J connectivity index is 1.79. The zero-order valence-electron chi connectivity index (χ0n) is 13.3. The third-order valence-corrected chi connectivity index (χ3v) is 4.94. The molecule has 0 aliphatic carbocycles. The van der Waals surface area contributed by atoms with E-state index in [1.165, 1.54) is 12.1 Å². The fraction of sp³-hybridized carbons (Fsp3) is 0.250. The molecule has 0 bridgehead atoms. The number of anilines is 1. The summed E-state index contributed by atoms with van der Waals surface area (Å²) in [6.07, 6.45) is 0.480. The van der Waals surface area contributed by atoms with E-state index in [4.69, 9.17) is 11.6 Å². The van der Waals surface area contributed by atoms with Crippen LogP contribution in [0.5, 0.6) is 0 Å². The second kappa shape index (κ2) is 8.80. The molecule has 0 atom stereocenters. The molecule has 0 heterocycles. The number of nitrogens with zero attached hydrogens (tertiary/aromatic N) is 1. The van der Waals surface area contributed by atoms with Crippen molar-refractivity contribution < 1.29 is 13.3 Å². The molecule has 2 N–H and O–H groups in total. The van der Waals surface area contributed by atoms with Crippen molar-refractivity contribution in [2.24, 2.45) is 0 Å². The van der Waals surface area contributed by atoms with Crippen LogP contribution in [0.1, 0.15) is 12.0 Å². The van der Waals surface area contributed by atoms with Crippen LogP contribution in [0.4, 0.5) is 11.4 Å². The van der Waals surface area contributed by atoms with Gasteiger partial charge in [-0.25, -0.2) is 13.1 Å². The summed E-state index contributed by atoms with van der Waals surface area (Å²) < 4.78 is 26.5. The highest BCUT2D eigenvalue weighted by Crippen LogP contribution is 2.27. The van der Waals surface area contributed by atoms with Crippen molar-refractivity contribution >= 4 is 33.0 Å². The van der Waals surface area contributed by atoms with Crippen LogP contribution < -0.4 is 10.0 Å². The van der Waals surface area contributed by atoms with E-state index in [-0.39, 0.29) is 23.0 Å². The van der Waals surface area contributed by atoms with Crippen molar-refractivity contribution in [3.63, 3.8) is 0 Å². The molecule has 0 fully saturated rings. The topological polar surface area (TPSA) is 101 Å². The quantitative estimate of drug-likeness (QED) is 0.393. The van der Waals surface area contributed by atoms with Crippen molar-refractivity contribution in [1.82, 2.24) is 4.72 Å². The molecular formula is C16H18ClN3O4S. The summed E-state index contributed by atoms with van der Waals surface area (Å²) >= 11 is 5.75. The van der Waals surface area contributed by atoms with Crippen LogP contribution in [0.25, 0.3) is 0 Å². The number of hydrogen-bond donors (Lipinski definition) is 2. The summed E-state index contributed by atoms with van der Waals surface area (Å²) in [5.74, 6) is -0.0794. The van der Waals surface area contributed by atoms with Gasteiger partial charge in [0.1, 0.15) is 5.69 Å². The van der Waals surface area contributed by atoms with Crippen LogP contribution >= 0.6 is 11.6 Å². The van der Waals surface area contributed by atoms with Gasteiger partial charge in [-0.15, -0.1) is 0 Å². The van der Waals surface area contributed by atoms with Crippen LogP contribution in [-0.4, -0.2) is 26.4 Å². The third-order valence-electron chi connectivity index (χ3n) is 3.35. The molecule has 25 heavy (non-hydrogen) atoms. The van der Waals surface area contributed by atoms with Gasteiger partial charge in [0, 0.05) is 24.2 Å². The maximum atomic E-state index is 12.0. The maximum Gasteiger partial charge on any atom is 0.293 e. The lowest BCUT2D eigenvalue weighted by molar-refractivity contribution is -0.383. The molecule has 0 spiro atoms. The summed E-state index contributed by atoms with van der Waals surface area (Å²) in [5, 5.41) is 14.2. The minimum atomic E-state index is -3.41. The highest BCUT2D eigenvalue weighted by Gasteiger charge is 2.14. The number of nitro groups is 1. The van der Waals surface area contributed by atoms with Crippen molar-refractivity contribution in [3.8, 4) is 0 Å². The van der Waals surface area contributed by atoms with Crippen LogP contribution in [0.2, 0.25) is 5.02 Å². The normalized spacial score (nSPS) is 11.2. The number of halogens is 1. The van der Waals surface area contributed by atoms with E-state index >= 15 is 0 Å². The molecular weight excluding hydrogens is 366 g/mol. The molecule has 0 radical (unpaired) electrons. The number of benzene rings is 2. The monoisotopic (exact) mass is 383 g/mol. The molecule has 2 aromatic carbocycles. The summed E-state index contributed by atoms with van der Waals surface area (Å²) in [6, 6.07) is 13.2. The number of sulfonamides is 1. The Morgan fingerprint density at radius 2 is 1.80 bits per heavy atom. The van der Waals surface area contributed by atoms with Gasteiger partial charge in [0.15, 0.2) is 0 Å².